The predicted octanol–water partition coefficient (Wildman–Crippen LogP) is 2.45. The van der Waals surface area contributed by atoms with Gasteiger partial charge in [-0.3, -0.25) is 4.68 Å². The number of cyclic esters (lactones) is 1. The Bertz CT molecular complexity index is 850. The average molecular weight is 370 g/mol. The number of carbonyl (C=O) groups excluding carboxylic acids is 1. The molecule has 0 radical (unpaired) electrons. The Hall–Kier alpha value is -2.85. The summed E-state index contributed by atoms with van der Waals surface area (Å²) in [5, 5.41) is 9.56. The van der Waals surface area contributed by atoms with E-state index in [1.54, 1.807) is 20.0 Å². The van der Waals surface area contributed by atoms with Gasteiger partial charge in [-0.25, -0.2) is 9.78 Å². The van der Waals surface area contributed by atoms with Crippen LogP contribution in [0, 0.1) is 6.92 Å². The van der Waals surface area contributed by atoms with Crippen molar-refractivity contribution >= 4 is 23.4 Å². The highest BCUT2D eigenvalue weighted by molar-refractivity contribution is 5.80. The van der Waals surface area contributed by atoms with Crippen LogP contribution in [-0.2, 0) is 21.2 Å². The van der Waals surface area contributed by atoms with Crippen molar-refractivity contribution in [1.29, 1.82) is 0 Å². The van der Waals surface area contributed by atoms with Gasteiger partial charge in [0.2, 0.25) is 5.95 Å². The lowest BCUT2D eigenvalue weighted by Gasteiger charge is -2.19. The SMILES string of the molecule is CNc1nc(Nc2cn([C@]3(C)CCOC3=O)nc2C)ncc1C(F)(F)F. The molecule has 0 aliphatic carbocycles. The zero-order valence-corrected chi connectivity index (χ0v) is 14.3. The second-order valence-corrected chi connectivity index (χ2v) is 6.06. The van der Waals surface area contributed by atoms with Gasteiger partial charge in [-0.15, -0.1) is 0 Å². The lowest BCUT2D eigenvalue weighted by Crippen LogP contribution is -2.35. The maximum absolute atomic E-state index is 12.9. The zero-order valence-electron chi connectivity index (χ0n) is 14.3. The molecule has 2 aromatic rings. The molecule has 0 bridgehead atoms. The normalized spacial score (nSPS) is 20.2. The lowest BCUT2D eigenvalue weighted by molar-refractivity contribution is -0.145. The molecule has 2 aromatic heterocycles. The van der Waals surface area contributed by atoms with E-state index in [1.807, 2.05) is 0 Å². The smallest absolute Gasteiger partial charge is 0.421 e. The Labute approximate surface area is 146 Å². The Morgan fingerprint density at radius 2 is 2.12 bits per heavy atom. The number of nitrogens with zero attached hydrogens (tertiary/aromatic N) is 4. The number of alkyl halides is 3. The summed E-state index contributed by atoms with van der Waals surface area (Å²) in [6.07, 6.45) is -1.79. The molecule has 0 aromatic carbocycles. The minimum Gasteiger partial charge on any atom is -0.464 e. The first-order valence-electron chi connectivity index (χ1n) is 7.78. The van der Waals surface area contributed by atoms with Crippen LogP contribution in [0.25, 0.3) is 0 Å². The van der Waals surface area contributed by atoms with Crippen molar-refractivity contribution in [2.24, 2.45) is 0 Å². The fourth-order valence-corrected chi connectivity index (χ4v) is 2.60. The third-order valence-electron chi connectivity index (χ3n) is 4.24. The molecule has 0 spiro atoms. The van der Waals surface area contributed by atoms with Crippen LogP contribution in [0.4, 0.5) is 30.6 Å². The molecule has 0 unspecified atom stereocenters. The number of anilines is 3. The van der Waals surface area contributed by atoms with Gasteiger partial charge in [0.25, 0.3) is 0 Å². The van der Waals surface area contributed by atoms with Crippen LogP contribution < -0.4 is 10.6 Å². The molecule has 140 valence electrons. The van der Waals surface area contributed by atoms with Crippen LogP contribution in [-0.4, -0.2) is 39.4 Å². The van der Waals surface area contributed by atoms with Crippen LogP contribution in [0.1, 0.15) is 24.6 Å². The van der Waals surface area contributed by atoms with Crippen molar-refractivity contribution in [2.45, 2.75) is 32.0 Å². The molecule has 1 fully saturated rings. The highest BCUT2D eigenvalue weighted by atomic mass is 19.4. The molecular formula is C15H17F3N6O2. The van der Waals surface area contributed by atoms with Crippen LogP contribution in [0.3, 0.4) is 0 Å². The summed E-state index contributed by atoms with van der Waals surface area (Å²) in [7, 11) is 1.34. The third-order valence-corrected chi connectivity index (χ3v) is 4.24. The van der Waals surface area contributed by atoms with Crippen LogP contribution in [0.15, 0.2) is 12.4 Å². The van der Waals surface area contributed by atoms with E-state index in [0.29, 0.717) is 30.6 Å². The molecule has 26 heavy (non-hydrogen) atoms. The number of aromatic nitrogens is 4. The summed E-state index contributed by atoms with van der Waals surface area (Å²) < 4.78 is 45.2. The van der Waals surface area contributed by atoms with Crippen molar-refractivity contribution in [3.05, 3.63) is 23.7 Å². The molecule has 8 nitrogen and oxygen atoms in total. The molecule has 0 saturated carbocycles. The Balaban J connectivity index is 1.89. The predicted molar refractivity (Wildman–Crippen MR) is 86.1 cm³/mol. The minimum atomic E-state index is -4.56. The van der Waals surface area contributed by atoms with E-state index < -0.39 is 17.3 Å². The monoisotopic (exact) mass is 370 g/mol. The number of esters is 1. The number of hydrogen-bond donors (Lipinski definition) is 2. The Morgan fingerprint density at radius 1 is 1.38 bits per heavy atom. The van der Waals surface area contributed by atoms with Crippen molar-refractivity contribution in [3.63, 3.8) is 0 Å². The first-order valence-corrected chi connectivity index (χ1v) is 7.78. The van der Waals surface area contributed by atoms with E-state index in [-0.39, 0.29) is 17.7 Å². The van der Waals surface area contributed by atoms with Crippen molar-refractivity contribution in [1.82, 2.24) is 19.7 Å². The topological polar surface area (TPSA) is 94.0 Å². The van der Waals surface area contributed by atoms with E-state index >= 15 is 0 Å². The van der Waals surface area contributed by atoms with E-state index in [2.05, 4.69) is 25.7 Å². The second-order valence-electron chi connectivity index (χ2n) is 6.06. The maximum Gasteiger partial charge on any atom is 0.421 e. The molecular weight excluding hydrogens is 353 g/mol. The molecule has 3 rings (SSSR count). The maximum atomic E-state index is 12.9. The molecule has 2 N–H and O–H groups in total. The van der Waals surface area contributed by atoms with Gasteiger partial charge in [0.05, 0.1) is 24.2 Å². The van der Waals surface area contributed by atoms with Gasteiger partial charge in [0.15, 0.2) is 5.54 Å². The van der Waals surface area contributed by atoms with Gasteiger partial charge in [0, 0.05) is 19.7 Å². The van der Waals surface area contributed by atoms with E-state index in [1.165, 1.54) is 11.7 Å². The van der Waals surface area contributed by atoms with Crippen molar-refractivity contribution < 1.29 is 22.7 Å². The first-order chi connectivity index (χ1) is 12.1. The standard InChI is InChI=1S/C15H17F3N6O2/c1-8-10(7-24(23-8)14(2)4-5-26-12(14)25)21-13-20-6-9(15(16,17)18)11(19-3)22-13/h6-7H,4-5H2,1-3H3,(H2,19,20,21,22)/t14-/m1/s1. The molecule has 1 aliphatic rings. The van der Waals surface area contributed by atoms with Crippen LogP contribution >= 0.6 is 0 Å². The highest BCUT2D eigenvalue weighted by Gasteiger charge is 2.43. The number of aryl methyl sites for hydroxylation is 1. The minimum absolute atomic E-state index is 0.0239. The summed E-state index contributed by atoms with van der Waals surface area (Å²) in [6, 6.07) is 0. The van der Waals surface area contributed by atoms with Crippen molar-refractivity contribution in [2.75, 3.05) is 24.3 Å². The highest BCUT2D eigenvalue weighted by Crippen LogP contribution is 2.34. The number of carbonyl (C=O) groups is 1. The number of hydrogen-bond acceptors (Lipinski definition) is 7. The van der Waals surface area contributed by atoms with E-state index in [9.17, 15) is 18.0 Å². The lowest BCUT2D eigenvalue weighted by atomic mass is 10.0. The van der Waals surface area contributed by atoms with Crippen LogP contribution in [0.2, 0.25) is 0 Å². The third kappa shape index (κ3) is 3.04. The van der Waals surface area contributed by atoms with E-state index in [4.69, 9.17) is 4.74 Å². The molecule has 1 aliphatic heterocycles. The summed E-state index contributed by atoms with van der Waals surface area (Å²) >= 11 is 0. The molecule has 1 saturated heterocycles. The van der Waals surface area contributed by atoms with Gasteiger partial charge in [0.1, 0.15) is 11.4 Å². The van der Waals surface area contributed by atoms with Gasteiger partial charge in [-0.05, 0) is 13.8 Å². The molecule has 0 amide bonds. The van der Waals surface area contributed by atoms with Gasteiger partial charge < -0.3 is 15.4 Å². The molecule has 3 heterocycles. The van der Waals surface area contributed by atoms with Crippen molar-refractivity contribution in [3.8, 4) is 0 Å². The second kappa shape index (κ2) is 6.15. The van der Waals surface area contributed by atoms with E-state index in [0.717, 1.165) is 0 Å². The van der Waals surface area contributed by atoms with Gasteiger partial charge >= 0.3 is 12.1 Å². The van der Waals surface area contributed by atoms with Gasteiger partial charge in [-0.2, -0.15) is 23.3 Å². The summed E-state index contributed by atoms with van der Waals surface area (Å²) in [4.78, 5) is 19.5. The summed E-state index contributed by atoms with van der Waals surface area (Å²) in [5.41, 5.74) is -0.852. The number of halogens is 3. The average Bonchev–Trinajstić information content (AvgIpc) is 3.10. The number of nitrogens with one attached hydrogen (secondary N) is 2. The number of rotatable bonds is 4. The first kappa shape index (κ1) is 18.0. The quantitative estimate of drug-likeness (QED) is 0.799. The zero-order chi connectivity index (χ0) is 19.1. The summed E-state index contributed by atoms with van der Waals surface area (Å²) in [5.74, 6) is -0.745. The molecule has 11 heteroatoms. The Morgan fingerprint density at radius 3 is 2.69 bits per heavy atom. The van der Waals surface area contributed by atoms with Gasteiger partial charge in [-0.1, -0.05) is 0 Å². The largest absolute Gasteiger partial charge is 0.464 e. The fraction of sp³-hybridized carbons (Fsp3) is 0.467. The van der Waals surface area contributed by atoms with Crippen LogP contribution in [0.5, 0.6) is 0 Å². The number of ether oxygens (including phenoxy) is 1. The molecule has 1 atom stereocenters. The summed E-state index contributed by atoms with van der Waals surface area (Å²) in [6.45, 7) is 3.72. The Kier molecular flexibility index (Phi) is 4.24. The fourth-order valence-electron chi connectivity index (χ4n) is 2.60.